The van der Waals surface area contributed by atoms with Crippen LogP contribution in [-0.2, 0) is 9.59 Å². The lowest BCUT2D eigenvalue weighted by atomic mass is 10.1. The highest BCUT2D eigenvalue weighted by Gasteiger charge is 2.19. The van der Waals surface area contributed by atoms with Crippen molar-refractivity contribution in [2.24, 2.45) is 0 Å². The molecule has 1 amide bonds. The molecule has 0 unspecified atom stereocenters. The highest BCUT2D eigenvalue weighted by atomic mass is 16.5. The number of nitrogens with zero attached hydrogens (tertiary/aromatic N) is 6. The molecule has 3 aromatic rings. The van der Waals surface area contributed by atoms with E-state index in [1.54, 1.807) is 19.2 Å². The van der Waals surface area contributed by atoms with Crippen LogP contribution >= 0.6 is 0 Å². The summed E-state index contributed by atoms with van der Waals surface area (Å²) in [5.74, 6) is 0.214. The number of methoxy groups -OCH3 is 1. The van der Waals surface area contributed by atoms with E-state index in [4.69, 9.17) is 14.6 Å². The maximum atomic E-state index is 13.3. The molecule has 0 radical (unpaired) electrons. The Kier molecular flexibility index (Phi) is 12.8. The molecule has 13 nitrogen and oxygen atoms in total. The molecule has 13 heteroatoms. The van der Waals surface area contributed by atoms with Gasteiger partial charge in [0, 0.05) is 69.8 Å². The molecular weight excluding hydrogens is 576 g/mol. The van der Waals surface area contributed by atoms with Crippen LogP contribution in [0.3, 0.4) is 0 Å². The highest BCUT2D eigenvalue weighted by Crippen LogP contribution is 2.38. The fraction of sp³-hybridized carbons (Fsp3) is 0.344. The van der Waals surface area contributed by atoms with Gasteiger partial charge in [-0.3, -0.25) is 14.4 Å². The second-order valence-corrected chi connectivity index (χ2v) is 10.7. The third-order valence-corrected chi connectivity index (χ3v) is 7.19. The molecule has 0 bridgehead atoms. The molecule has 1 saturated heterocycles. The lowest BCUT2D eigenvalue weighted by Crippen LogP contribution is -2.44. The van der Waals surface area contributed by atoms with E-state index in [-0.39, 0.29) is 29.8 Å². The molecular formula is C32H42N8O5. The molecule has 4 rings (SSSR count). The summed E-state index contributed by atoms with van der Waals surface area (Å²) in [6, 6.07) is 12.9. The third kappa shape index (κ3) is 9.74. The first-order valence-electron chi connectivity index (χ1n) is 14.4. The van der Waals surface area contributed by atoms with E-state index in [0.29, 0.717) is 22.7 Å². The number of carbonyl (C=O) groups is 3. The minimum Gasteiger partial charge on any atom is -0.494 e. The number of hydrogen-bond donors (Lipinski definition) is 3. The molecule has 0 aliphatic carbocycles. The fourth-order valence-corrected chi connectivity index (χ4v) is 4.61. The number of piperazine rings is 1. The van der Waals surface area contributed by atoms with Gasteiger partial charge in [0.15, 0.2) is 0 Å². The van der Waals surface area contributed by atoms with Gasteiger partial charge >= 0.3 is 0 Å². The summed E-state index contributed by atoms with van der Waals surface area (Å²) in [5, 5.41) is 12.9. The van der Waals surface area contributed by atoms with Crippen molar-refractivity contribution in [1.82, 2.24) is 19.8 Å². The van der Waals surface area contributed by atoms with E-state index in [2.05, 4.69) is 48.9 Å². The molecule has 1 aliphatic heterocycles. The van der Waals surface area contributed by atoms with E-state index >= 15 is 0 Å². The van der Waals surface area contributed by atoms with Crippen molar-refractivity contribution >= 4 is 46.9 Å². The maximum Gasteiger partial charge on any atom is 0.290 e. The van der Waals surface area contributed by atoms with Crippen LogP contribution < -0.4 is 25.2 Å². The average Bonchev–Trinajstić information content (AvgIpc) is 3.04. The van der Waals surface area contributed by atoms with Crippen molar-refractivity contribution in [3.63, 3.8) is 0 Å². The van der Waals surface area contributed by atoms with Crippen molar-refractivity contribution in [2.45, 2.75) is 0 Å². The van der Waals surface area contributed by atoms with Gasteiger partial charge < -0.3 is 40.1 Å². The number of benzene rings is 2. The first-order valence-corrected chi connectivity index (χ1v) is 14.4. The number of hydrogen-bond acceptors (Lipinski definition) is 11. The van der Waals surface area contributed by atoms with Gasteiger partial charge in [-0.1, -0.05) is 6.58 Å². The summed E-state index contributed by atoms with van der Waals surface area (Å²) < 4.78 is 5.67. The van der Waals surface area contributed by atoms with Crippen molar-refractivity contribution in [3.8, 4) is 5.75 Å². The number of amides is 1. The van der Waals surface area contributed by atoms with Crippen molar-refractivity contribution in [1.29, 1.82) is 0 Å². The van der Waals surface area contributed by atoms with E-state index in [1.165, 1.54) is 12.3 Å². The predicted octanol–water partition coefficient (Wildman–Crippen LogP) is 3.03. The third-order valence-electron chi connectivity index (χ3n) is 7.19. The largest absolute Gasteiger partial charge is 0.494 e. The average molecular weight is 619 g/mol. The number of carbonyl (C=O) groups excluding carboxylic acids is 2. The van der Waals surface area contributed by atoms with Gasteiger partial charge in [0.2, 0.25) is 17.6 Å². The summed E-state index contributed by atoms with van der Waals surface area (Å²) in [6.45, 7) is 8.81. The fourth-order valence-electron chi connectivity index (χ4n) is 4.61. The summed E-state index contributed by atoms with van der Waals surface area (Å²) in [4.78, 5) is 51.5. The second-order valence-electron chi connectivity index (χ2n) is 10.7. The van der Waals surface area contributed by atoms with Crippen LogP contribution in [0.15, 0.2) is 61.3 Å². The number of rotatable bonds is 12. The van der Waals surface area contributed by atoms with Crippen LogP contribution in [0, 0.1) is 0 Å². The van der Waals surface area contributed by atoms with E-state index in [0.717, 1.165) is 50.6 Å². The summed E-state index contributed by atoms with van der Waals surface area (Å²) in [5.41, 5.74) is 3.79. The standard InChI is InChI=1S/C31H40N8O3.CH2O2/c1-7-29(40)33-25-20-26(28(42-6)21-27(25)38(5)17-14-36(2)3)35-31-32-13-12-24(34-31)30(41)22-8-10-23(11-9-22)39-18-15-37(4)16-19-39;2-1-3/h7-13,20-21H,1,14-19H2,2-6H3,(H,33,40)(H,32,34,35);1H,(H,2,3). The Morgan fingerprint density at radius 3 is 2.31 bits per heavy atom. The number of anilines is 5. The van der Waals surface area contributed by atoms with Crippen LogP contribution in [0.5, 0.6) is 5.75 Å². The topological polar surface area (TPSA) is 143 Å². The Hall–Kier alpha value is -5.01. The SMILES string of the molecule is C=CC(=O)Nc1cc(Nc2nccc(C(=O)c3ccc(N4CCN(C)CC4)cc3)n2)c(OC)cc1N(C)CCN(C)C.O=CO. The number of carboxylic acid groups (broad SMARTS) is 1. The summed E-state index contributed by atoms with van der Waals surface area (Å²) in [7, 11) is 9.65. The lowest BCUT2D eigenvalue weighted by molar-refractivity contribution is -0.122. The first-order chi connectivity index (χ1) is 21.6. The zero-order chi connectivity index (χ0) is 32.9. The van der Waals surface area contributed by atoms with Crippen LogP contribution in [0.1, 0.15) is 16.1 Å². The quantitative estimate of drug-likeness (QED) is 0.156. The number of nitrogens with one attached hydrogen (secondary N) is 2. The van der Waals surface area contributed by atoms with Crippen LogP contribution in [0.4, 0.5) is 28.7 Å². The molecule has 3 N–H and O–H groups in total. The van der Waals surface area contributed by atoms with Crippen LogP contribution in [0.25, 0.3) is 0 Å². The molecule has 0 spiro atoms. The Morgan fingerprint density at radius 1 is 1.04 bits per heavy atom. The van der Waals surface area contributed by atoms with Gasteiger partial charge in [0.05, 0.1) is 24.2 Å². The Bertz CT molecular complexity index is 1460. The Balaban J connectivity index is 0.00000177. The second kappa shape index (κ2) is 16.7. The predicted molar refractivity (Wildman–Crippen MR) is 177 cm³/mol. The molecule has 2 aromatic carbocycles. The summed E-state index contributed by atoms with van der Waals surface area (Å²) >= 11 is 0. The Morgan fingerprint density at radius 2 is 1.71 bits per heavy atom. The first kappa shape index (κ1) is 34.5. The van der Waals surface area contributed by atoms with E-state index < -0.39 is 0 Å². The van der Waals surface area contributed by atoms with Gasteiger partial charge in [-0.05, 0) is 63.6 Å². The van der Waals surface area contributed by atoms with Gasteiger partial charge in [-0.25, -0.2) is 9.97 Å². The van der Waals surface area contributed by atoms with Crippen molar-refractivity contribution < 1.29 is 24.2 Å². The molecule has 1 aliphatic rings. The van der Waals surface area contributed by atoms with Crippen LogP contribution in [0.2, 0.25) is 0 Å². The molecule has 45 heavy (non-hydrogen) atoms. The number of likely N-dealkylation sites (N-methyl/N-ethyl adjacent to an activating group) is 3. The number of ketones is 1. The van der Waals surface area contributed by atoms with Gasteiger partial charge in [0.1, 0.15) is 11.4 Å². The van der Waals surface area contributed by atoms with E-state index in [9.17, 15) is 9.59 Å². The maximum absolute atomic E-state index is 13.3. The van der Waals surface area contributed by atoms with Gasteiger partial charge in [-0.15, -0.1) is 0 Å². The van der Waals surface area contributed by atoms with E-state index in [1.807, 2.05) is 56.4 Å². The molecule has 1 fully saturated rings. The normalized spacial score (nSPS) is 12.9. The van der Waals surface area contributed by atoms with Crippen LogP contribution in [-0.4, -0.2) is 118 Å². The molecule has 0 atom stereocenters. The van der Waals surface area contributed by atoms with Crippen molar-refractivity contribution in [2.75, 3.05) is 95.0 Å². The minimum absolute atomic E-state index is 0.200. The number of ether oxygens (including phenoxy) is 1. The molecule has 240 valence electrons. The molecule has 1 aromatic heterocycles. The summed E-state index contributed by atoms with van der Waals surface area (Å²) in [6.07, 6.45) is 2.76. The zero-order valence-electron chi connectivity index (χ0n) is 26.5. The smallest absolute Gasteiger partial charge is 0.290 e. The lowest BCUT2D eigenvalue weighted by Gasteiger charge is -2.34. The zero-order valence-corrected chi connectivity index (χ0v) is 26.5. The molecule has 2 heterocycles. The minimum atomic E-state index is -0.337. The van der Waals surface area contributed by atoms with Gasteiger partial charge in [-0.2, -0.15) is 0 Å². The van der Waals surface area contributed by atoms with Crippen molar-refractivity contribution in [3.05, 3.63) is 72.6 Å². The highest BCUT2D eigenvalue weighted by molar-refractivity contribution is 6.08. The Labute approximate surface area is 264 Å². The van der Waals surface area contributed by atoms with Gasteiger partial charge in [0.25, 0.3) is 6.47 Å². The monoisotopic (exact) mass is 618 g/mol. The molecule has 0 saturated carbocycles. The number of aromatic nitrogens is 2.